The van der Waals surface area contributed by atoms with E-state index in [4.69, 9.17) is 11.0 Å². The van der Waals surface area contributed by atoms with Crippen LogP contribution in [0.1, 0.15) is 23.7 Å². The summed E-state index contributed by atoms with van der Waals surface area (Å²) in [5.41, 5.74) is 7.57. The lowest BCUT2D eigenvalue weighted by Gasteiger charge is -2.06. The van der Waals surface area contributed by atoms with Gasteiger partial charge in [-0.15, -0.1) is 0 Å². The summed E-state index contributed by atoms with van der Waals surface area (Å²) >= 11 is 0. The lowest BCUT2D eigenvalue weighted by atomic mass is 10.1. The van der Waals surface area contributed by atoms with Gasteiger partial charge in [0.15, 0.2) is 0 Å². The van der Waals surface area contributed by atoms with Gasteiger partial charge >= 0.3 is 0 Å². The minimum absolute atomic E-state index is 0.205. The highest BCUT2D eigenvalue weighted by molar-refractivity contribution is 5.17. The van der Waals surface area contributed by atoms with E-state index in [9.17, 15) is 0 Å². The molecule has 0 unspecified atom stereocenters. The number of hydrogen-bond donors (Lipinski definition) is 1. The molecule has 3 heteroatoms. The molecule has 0 saturated carbocycles. The second-order valence-corrected chi connectivity index (χ2v) is 2.70. The Bertz CT molecular complexity index is 284. The third kappa shape index (κ3) is 2.04. The molecule has 1 atom stereocenters. The molecular formula is C9H11N3. The first-order chi connectivity index (χ1) is 5.74. The van der Waals surface area contributed by atoms with Crippen molar-refractivity contribution in [3.63, 3.8) is 0 Å². The van der Waals surface area contributed by atoms with E-state index in [2.05, 4.69) is 4.98 Å². The summed E-state index contributed by atoms with van der Waals surface area (Å²) in [7, 11) is 0. The van der Waals surface area contributed by atoms with Gasteiger partial charge in [0.2, 0.25) is 0 Å². The molecule has 0 aliphatic rings. The van der Waals surface area contributed by atoms with Gasteiger partial charge in [0.25, 0.3) is 0 Å². The van der Waals surface area contributed by atoms with E-state index in [0.29, 0.717) is 6.42 Å². The van der Waals surface area contributed by atoms with E-state index in [1.165, 1.54) is 0 Å². The van der Waals surface area contributed by atoms with Gasteiger partial charge in [-0.1, -0.05) is 6.07 Å². The van der Waals surface area contributed by atoms with E-state index in [1.807, 2.05) is 25.1 Å². The molecule has 1 aromatic heterocycles. The van der Waals surface area contributed by atoms with Crippen LogP contribution in [0.5, 0.6) is 0 Å². The average molecular weight is 161 g/mol. The quantitative estimate of drug-likeness (QED) is 0.711. The molecule has 0 aliphatic heterocycles. The van der Waals surface area contributed by atoms with Crippen molar-refractivity contribution in [1.29, 1.82) is 5.26 Å². The Labute approximate surface area is 71.8 Å². The Morgan fingerprint density at radius 3 is 2.92 bits per heavy atom. The number of pyridine rings is 1. The topological polar surface area (TPSA) is 62.7 Å². The zero-order valence-electron chi connectivity index (χ0n) is 6.99. The Kier molecular flexibility index (Phi) is 2.78. The minimum atomic E-state index is -0.205. The molecule has 0 saturated heterocycles. The zero-order chi connectivity index (χ0) is 8.97. The van der Waals surface area contributed by atoms with Crippen molar-refractivity contribution in [3.05, 3.63) is 29.6 Å². The Hall–Kier alpha value is -1.40. The van der Waals surface area contributed by atoms with Crippen LogP contribution in [0.4, 0.5) is 0 Å². The molecule has 0 aliphatic carbocycles. The van der Waals surface area contributed by atoms with Crippen molar-refractivity contribution in [1.82, 2.24) is 4.98 Å². The molecule has 1 heterocycles. The standard InChI is InChI=1S/C9H11N3/c1-7-2-3-8(6-12-7)9(11)4-5-10/h2-3,6,9H,4,11H2,1H3/t9-/m1/s1. The number of rotatable bonds is 2. The lowest BCUT2D eigenvalue weighted by molar-refractivity contribution is 0.743. The third-order valence-corrected chi connectivity index (χ3v) is 1.67. The van der Waals surface area contributed by atoms with Gasteiger partial charge in [0, 0.05) is 17.9 Å². The number of hydrogen-bond acceptors (Lipinski definition) is 3. The van der Waals surface area contributed by atoms with Crippen molar-refractivity contribution in [3.8, 4) is 6.07 Å². The van der Waals surface area contributed by atoms with Gasteiger partial charge in [-0.3, -0.25) is 4.98 Å². The van der Waals surface area contributed by atoms with Crippen molar-refractivity contribution < 1.29 is 0 Å². The maximum Gasteiger partial charge on any atom is 0.0641 e. The first-order valence-electron chi connectivity index (χ1n) is 3.79. The molecule has 0 radical (unpaired) electrons. The summed E-state index contributed by atoms with van der Waals surface area (Å²) in [6.45, 7) is 1.92. The molecule has 0 amide bonds. The Morgan fingerprint density at radius 1 is 1.67 bits per heavy atom. The van der Waals surface area contributed by atoms with Gasteiger partial charge in [-0.2, -0.15) is 5.26 Å². The summed E-state index contributed by atoms with van der Waals surface area (Å²) in [5.74, 6) is 0. The molecule has 0 fully saturated rings. The highest BCUT2D eigenvalue weighted by Gasteiger charge is 2.04. The lowest BCUT2D eigenvalue weighted by Crippen LogP contribution is -2.09. The largest absolute Gasteiger partial charge is 0.323 e. The smallest absolute Gasteiger partial charge is 0.0641 e. The highest BCUT2D eigenvalue weighted by Crippen LogP contribution is 2.11. The third-order valence-electron chi connectivity index (χ3n) is 1.67. The van der Waals surface area contributed by atoms with Gasteiger partial charge in [-0.25, -0.2) is 0 Å². The summed E-state index contributed by atoms with van der Waals surface area (Å²) < 4.78 is 0. The van der Waals surface area contributed by atoms with Crippen LogP contribution < -0.4 is 5.73 Å². The van der Waals surface area contributed by atoms with Crippen LogP contribution in [0.2, 0.25) is 0 Å². The zero-order valence-corrected chi connectivity index (χ0v) is 6.99. The number of aromatic nitrogens is 1. The first-order valence-corrected chi connectivity index (χ1v) is 3.79. The summed E-state index contributed by atoms with van der Waals surface area (Å²) in [6, 6.07) is 5.62. The fourth-order valence-corrected chi connectivity index (χ4v) is 0.915. The fraction of sp³-hybridized carbons (Fsp3) is 0.333. The van der Waals surface area contributed by atoms with Gasteiger partial charge in [-0.05, 0) is 18.6 Å². The number of nitrogens with two attached hydrogens (primary N) is 1. The highest BCUT2D eigenvalue weighted by atomic mass is 14.7. The SMILES string of the molecule is Cc1ccc([C@H](N)CC#N)cn1. The van der Waals surface area contributed by atoms with Gasteiger partial charge in [0.05, 0.1) is 12.5 Å². The van der Waals surface area contributed by atoms with Crippen LogP contribution in [0.25, 0.3) is 0 Å². The van der Waals surface area contributed by atoms with Crippen LogP contribution in [0, 0.1) is 18.3 Å². The maximum absolute atomic E-state index is 8.40. The number of aryl methyl sites for hydroxylation is 1. The summed E-state index contributed by atoms with van der Waals surface area (Å²) in [6.07, 6.45) is 2.06. The summed E-state index contributed by atoms with van der Waals surface area (Å²) in [4.78, 5) is 4.09. The first kappa shape index (κ1) is 8.69. The molecular weight excluding hydrogens is 150 g/mol. The van der Waals surface area contributed by atoms with Crippen LogP contribution in [-0.4, -0.2) is 4.98 Å². The van der Waals surface area contributed by atoms with E-state index in [-0.39, 0.29) is 6.04 Å². The van der Waals surface area contributed by atoms with E-state index in [0.717, 1.165) is 11.3 Å². The van der Waals surface area contributed by atoms with Crippen molar-refractivity contribution in [2.24, 2.45) is 5.73 Å². The van der Waals surface area contributed by atoms with Crippen molar-refractivity contribution in [2.45, 2.75) is 19.4 Å². The predicted molar refractivity (Wildman–Crippen MR) is 46.1 cm³/mol. The van der Waals surface area contributed by atoms with Crippen LogP contribution in [0.3, 0.4) is 0 Å². The van der Waals surface area contributed by atoms with E-state index >= 15 is 0 Å². The Balaban J connectivity index is 2.76. The molecule has 1 aromatic rings. The van der Waals surface area contributed by atoms with Crippen molar-refractivity contribution >= 4 is 0 Å². The number of nitriles is 1. The van der Waals surface area contributed by atoms with Crippen LogP contribution >= 0.6 is 0 Å². The van der Waals surface area contributed by atoms with Gasteiger partial charge in [0.1, 0.15) is 0 Å². The van der Waals surface area contributed by atoms with Crippen molar-refractivity contribution in [2.75, 3.05) is 0 Å². The molecule has 2 N–H and O–H groups in total. The predicted octanol–water partition coefficient (Wildman–Crippen LogP) is 1.30. The molecule has 12 heavy (non-hydrogen) atoms. The van der Waals surface area contributed by atoms with E-state index < -0.39 is 0 Å². The van der Waals surface area contributed by atoms with E-state index in [1.54, 1.807) is 6.20 Å². The normalized spacial score (nSPS) is 12.1. The maximum atomic E-state index is 8.40. The monoisotopic (exact) mass is 161 g/mol. The molecule has 1 rings (SSSR count). The number of nitrogens with zero attached hydrogens (tertiary/aromatic N) is 2. The second kappa shape index (κ2) is 3.84. The summed E-state index contributed by atoms with van der Waals surface area (Å²) in [5, 5.41) is 8.40. The van der Waals surface area contributed by atoms with Gasteiger partial charge < -0.3 is 5.73 Å². The fourth-order valence-electron chi connectivity index (χ4n) is 0.915. The minimum Gasteiger partial charge on any atom is -0.323 e. The molecule has 0 spiro atoms. The average Bonchev–Trinajstić information content (AvgIpc) is 2.06. The second-order valence-electron chi connectivity index (χ2n) is 2.70. The molecule has 0 bridgehead atoms. The van der Waals surface area contributed by atoms with Crippen LogP contribution in [-0.2, 0) is 0 Å². The Morgan fingerprint density at radius 2 is 2.42 bits per heavy atom. The molecule has 62 valence electrons. The molecule has 3 nitrogen and oxygen atoms in total. The van der Waals surface area contributed by atoms with Crippen LogP contribution in [0.15, 0.2) is 18.3 Å². The molecule has 0 aromatic carbocycles.